The maximum Gasteiger partial charge on any atom is 1.00 e. The molecule has 0 fully saturated rings. The second-order valence-corrected chi connectivity index (χ2v) is 19.0. The summed E-state index contributed by atoms with van der Waals surface area (Å²) in [6.45, 7) is 28.7. The molecule has 146 valence electrons. The van der Waals surface area contributed by atoms with Gasteiger partial charge in [0.1, 0.15) is 0 Å². The van der Waals surface area contributed by atoms with E-state index in [1.54, 1.807) is 0 Å². The molecule has 0 saturated heterocycles. The van der Waals surface area contributed by atoms with Crippen molar-refractivity contribution in [2.75, 3.05) is 0 Å². The van der Waals surface area contributed by atoms with Crippen molar-refractivity contribution in [1.29, 1.82) is 0 Å². The standard InChI is InChI=1S/C22H42NP2.Li/c1-19(2,3)24(20(4,5)6)15-17-13-14-18(23-17)16-25(21(7,8)9)22(10,11)12;/h13-14H,15-16H2,1-12H3;/q-1;+1. The van der Waals surface area contributed by atoms with Crippen molar-refractivity contribution in [2.45, 2.75) is 116 Å². The van der Waals surface area contributed by atoms with Crippen LogP contribution in [0.25, 0.3) is 0 Å². The number of aromatic nitrogens is 1. The van der Waals surface area contributed by atoms with E-state index < -0.39 is 0 Å². The molecule has 0 aliphatic carbocycles. The predicted octanol–water partition coefficient (Wildman–Crippen LogP) is 4.81. The second-order valence-electron chi connectivity index (χ2n) is 11.3. The smallest absolute Gasteiger partial charge is 0.664 e. The van der Waals surface area contributed by atoms with Crippen LogP contribution in [-0.4, -0.2) is 20.6 Å². The Kier molecular flexibility index (Phi) is 9.30. The third-order valence-corrected chi connectivity index (χ3v) is 12.4. The van der Waals surface area contributed by atoms with Crippen molar-refractivity contribution < 1.29 is 18.9 Å². The van der Waals surface area contributed by atoms with Crippen LogP contribution in [0.3, 0.4) is 0 Å². The van der Waals surface area contributed by atoms with Gasteiger partial charge in [-0.1, -0.05) is 111 Å². The molecule has 0 aromatic carbocycles. The first-order chi connectivity index (χ1) is 10.9. The van der Waals surface area contributed by atoms with Gasteiger partial charge in [0.15, 0.2) is 0 Å². The molecule has 1 heterocycles. The molecule has 0 N–H and O–H groups in total. The first-order valence-electron chi connectivity index (χ1n) is 9.59. The van der Waals surface area contributed by atoms with Gasteiger partial charge < -0.3 is 4.98 Å². The van der Waals surface area contributed by atoms with Gasteiger partial charge >= 0.3 is 18.9 Å². The zero-order chi connectivity index (χ0) is 19.8. The molecule has 0 aliphatic heterocycles. The summed E-state index contributed by atoms with van der Waals surface area (Å²) in [7, 11) is -0.257. The number of nitrogens with zero attached hydrogens (tertiary/aromatic N) is 1. The molecule has 0 radical (unpaired) electrons. The van der Waals surface area contributed by atoms with Crippen molar-refractivity contribution in [2.24, 2.45) is 0 Å². The molecule has 1 aromatic rings. The fourth-order valence-electron chi connectivity index (χ4n) is 3.91. The van der Waals surface area contributed by atoms with Gasteiger partial charge in [-0.15, -0.1) is 0 Å². The second kappa shape index (κ2) is 9.04. The number of hydrogen-bond donors (Lipinski definition) is 0. The summed E-state index contributed by atoms with van der Waals surface area (Å²) in [5.74, 6) is 0. The van der Waals surface area contributed by atoms with Gasteiger partial charge in [0.25, 0.3) is 0 Å². The van der Waals surface area contributed by atoms with Gasteiger partial charge in [0.2, 0.25) is 0 Å². The molecule has 26 heavy (non-hydrogen) atoms. The van der Waals surface area contributed by atoms with Crippen LogP contribution in [-0.2, 0) is 12.3 Å². The van der Waals surface area contributed by atoms with E-state index in [-0.39, 0.29) is 34.7 Å². The van der Waals surface area contributed by atoms with Gasteiger partial charge in [-0.2, -0.15) is 11.4 Å². The molecule has 1 aromatic heterocycles. The summed E-state index contributed by atoms with van der Waals surface area (Å²) in [6, 6.07) is 4.59. The van der Waals surface area contributed by atoms with Crippen LogP contribution in [0.15, 0.2) is 12.1 Å². The predicted molar refractivity (Wildman–Crippen MR) is 120 cm³/mol. The van der Waals surface area contributed by atoms with Crippen molar-refractivity contribution in [1.82, 2.24) is 4.98 Å². The van der Waals surface area contributed by atoms with E-state index in [1.165, 1.54) is 11.4 Å². The molecule has 0 saturated carbocycles. The Bertz CT molecular complexity index is 474. The normalized spacial score (nSPS) is 14.1. The van der Waals surface area contributed by atoms with Crippen LogP contribution in [0.4, 0.5) is 0 Å². The minimum atomic E-state index is -0.128. The molecule has 4 heteroatoms. The van der Waals surface area contributed by atoms with Crippen molar-refractivity contribution in [3.8, 4) is 0 Å². The minimum absolute atomic E-state index is 0. The molecular weight excluding hydrogens is 347 g/mol. The molecule has 0 aliphatic rings. The van der Waals surface area contributed by atoms with E-state index in [2.05, 4.69) is 95.2 Å². The third-order valence-electron chi connectivity index (χ3n) is 4.63. The molecular formula is C22H42LiNP2. The van der Waals surface area contributed by atoms with E-state index >= 15 is 0 Å². The third kappa shape index (κ3) is 8.00. The Hall–Kier alpha value is 0.737. The monoisotopic (exact) mass is 389 g/mol. The maximum absolute atomic E-state index is 5.08. The van der Waals surface area contributed by atoms with E-state index in [4.69, 9.17) is 4.98 Å². The SMILES string of the molecule is CC(C)(C)P(Cc1ccc(CP(C(C)(C)C)C(C)(C)C)[n-]1)C(C)(C)C.[Li+]. The van der Waals surface area contributed by atoms with Crippen molar-refractivity contribution in [3.05, 3.63) is 23.5 Å². The van der Waals surface area contributed by atoms with Crippen LogP contribution in [0.1, 0.15) is 94.5 Å². The Morgan fingerprint density at radius 1 is 0.577 bits per heavy atom. The average molecular weight is 389 g/mol. The summed E-state index contributed by atoms with van der Waals surface area (Å²) in [6.07, 6.45) is 2.29. The molecule has 1 rings (SSSR count). The Morgan fingerprint density at radius 2 is 0.808 bits per heavy atom. The van der Waals surface area contributed by atoms with Crippen LogP contribution in [0, 0.1) is 0 Å². The summed E-state index contributed by atoms with van der Waals surface area (Å²) in [5.41, 5.74) is 2.62. The summed E-state index contributed by atoms with van der Waals surface area (Å²) >= 11 is 0. The molecule has 0 unspecified atom stereocenters. The number of hydrogen-bond acceptors (Lipinski definition) is 0. The maximum atomic E-state index is 5.08. The zero-order valence-electron chi connectivity index (χ0n) is 19.9. The van der Waals surface area contributed by atoms with E-state index in [0.29, 0.717) is 20.6 Å². The minimum Gasteiger partial charge on any atom is -0.664 e. The Morgan fingerprint density at radius 3 is 1.00 bits per heavy atom. The largest absolute Gasteiger partial charge is 1.00 e. The van der Waals surface area contributed by atoms with Gasteiger partial charge in [-0.05, 0) is 32.9 Å². The average Bonchev–Trinajstić information content (AvgIpc) is 2.75. The van der Waals surface area contributed by atoms with Gasteiger partial charge in [-0.3, -0.25) is 0 Å². The van der Waals surface area contributed by atoms with Crippen LogP contribution in [0.2, 0.25) is 0 Å². The number of rotatable bonds is 4. The van der Waals surface area contributed by atoms with Gasteiger partial charge in [-0.25, -0.2) is 0 Å². The Labute approximate surface area is 179 Å². The summed E-state index contributed by atoms with van der Waals surface area (Å²) in [4.78, 5) is 5.08. The molecule has 0 amide bonds. The van der Waals surface area contributed by atoms with E-state index in [1.807, 2.05) is 0 Å². The fourth-order valence-corrected chi connectivity index (χ4v) is 10.8. The van der Waals surface area contributed by atoms with E-state index in [0.717, 1.165) is 12.3 Å². The zero-order valence-corrected chi connectivity index (χ0v) is 21.7. The molecule has 1 nitrogen and oxygen atoms in total. The molecule has 0 bridgehead atoms. The first-order valence-corrected chi connectivity index (χ1v) is 12.6. The van der Waals surface area contributed by atoms with Crippen LogP contribution >= 0.6 is 15.8 Å². The Balaban J connectivity index is 0.00000625. The molecule has 0 atom stereocenters. The fraction of sp³-hybridized carbons (Fsp3) is 0.818. The first kappa shape index (κ1) is 26.7. The summed E-state index contributed by atoms with van der Waals surface area (Å²) in [5, 5.41) is 1.43. The topological polar surface area (TPSA) is 14.1 Å². The van der Waals surface area contributed by atoms with Crippen molar-refractivity contribution in [3.63, 3.8) is 0 Å². The van der Waals surface area contributed by atoms with Crippen molar-refractivity contribution >= 4 is 15.8 Å². The van der Waals surface area contributed by atoms with Gasteiger partial charge in [0, 0.05) is 0 Å². The van der Waals surface area contributed by atoms with E-state index in [9.17, 15) is 0 Å². The quantitative estimate of drug-likeness (QED) is 0.533. The van der Waals surface area contributed by atoms with Crippen LogP contribution < -0.4 is 23.8 Å². The summed E-state index contributed by atoms with van der Waals surface area (Å²) < 4.78 is 0. The van der Waals surface area contributed by atoms with Crippen LogP contribution in [0.5, 0.6) is 0 Å². The molecule has 0 spiro atoms. The van der Waals surface area contributed by atoms with Gasteiger partial charge in [0.05, 0.1) is 0 Å².